The quantitative estimate of drug-likeness (QED) is 0.238. The summed E-state index contributed by atoms with van der Waals surface area (Å²) in [5.74, 6) is 0.452. The second-order valence-electron chi connectivity index (χ2n) is 12.0. The summed E-state index contributed by atoms with van der Waals surface area (Å²) in [4.78, 5) is 29.5. The van der Waals surface area contributed by atoms with Gasteiger partial charge < -0.3 is 19.8 Å². The van der Waals surface area contributed by atoms with E-state index in [9.17, 15) is 4.79 Å². The lowest BCUT2D eigenvalue weighted by molar-refractivity contribution is 0.0342. The summed E-state index contributed by atoms with van der Waals surface area (Å²) in [7, 11) is 0. The Morgan fingerprint density at radius 1 is 1.00 bits per heavy atom. The number of benzene rings is 2. The maximum absolute atomic E-state index is 13.1. The maximum atomic E-state index is 13.1. The predicted molar refractivity (Wildman–Crippen MR) is 170 cm³/mol. The molecule has 0 atom stereocenters. The number of rotatable bonds is 7. The van der Waals surface area contributed by atoms with E-state index in [-0.39, 0.29) is 11.3 Å². The number of hydrogen-bond donors (Lipinski definition) is 2. The fraction of sp³-hybridized carbons (Fsp3) is 0.294. The lowest BCUT2D eigenvalue weighted by Gasteiger charge is -2.26. The van der Waals surface area contributed by atoms with Crippen molar-refractivity contribution in [1.82, 2.24) is 24.3 Å². The molecule has 0 unspecified atom stereocenters. The van der Waals surface area contributed by atoms with Crippen LogP contribution < -0.4 is 10.6 Å². The second kappa shape index (κ2) is 11.9. The zero-order valence-electron chi connectivity index (χ0n) is 25.1. The van der Waals surface area contributed by atoms with Crippen LogP contribution in [0.15, 0.2) is 79.4 Å². The number of carbonyl (C=O) groups is 1. The van der Waals surface area contributed by atoms with Gasteiger partial charge in [0.05, 0.1) is 24.5 Å². The standard InChI is InChI=1S/C34H37N7O2/c1-23-27(6-5-7-28(23)39-33(42)25-10-13-30(36-20-25)34(2,3)4)29-22-41-15-14-35-32(41)31(38-29)37-26-11-8-24(9-12-26)21-40-16-18-43-19-17-40/h5-15,20,22H,16-19,21H2,1-4H3,(H,37,38)(H,39,42). The molecule has 0 aliphatic carbocycles. The van der Waals surface area contributed by atoms with E-state index in [0.717, 1.165) is 72.4 Å². The molecule has 1 saturated heterocycles. The molecule has 4 heterocycles. The minimum Gasteiger partial charge on any atom is -0.379 e. The highest BCUT2D eigenvalue weighted by Crippen LogP contribution is 2.31. The van der Waals surface area contributed by atoms with Gasteiger partial charge in [0.25, 0.3) is 5.91 Å². The van der Waals surface area contributed by atoms with Crippen LogP contribution in [0.1, 0.15) is 48.0 Å². The number of imidazole rings is 1. The molecule has 0 spiro atoms. The van der Waals surface area contributed by atoms with Crippen LogP contribution in [0.2, 0.25) is 0 Å². The number of nitrogens with zero attached hydrogens (tertiary/aromatic N) is 5. The Bertz CT molecular complexity index is 1730. The third kappa shape index (κ3) is 6.43. The van der Waals surface area contributed by atoms with Gasteiger partial charge in [0, 0.05) is 72.5 Å². The number of fused-ring (bicyclic) bond motifs is 1. The lowest BCUT2D eigenvalue weighted by atomic mass is 9.91. The van der Waals surface area contributed by atoms with E-state index in [4.69, 9.17) is 9.72 Å². The van der Waals surface area contributed by atoms with E-state index in [1.165, 1.54) is 5.56 Å². The van der Waals surface area contributed by atoms with Crippen molar-refractivity contribution < 1.29 is 9.53 Å². The molecule has 43 heavy (non-hydrogen) atoms. The first-order valence-corrected chi connectivity index (χ1v) is 14.6. The van der Waals surface area contributed by atoms with Gasteiger partial charge in [-0.15, -0.1) is 0 Å². The van der Waals surface area contributed by atoms with Crippen molar-refractivity contribution in [3.05, 3.63) is 102 Å². The Morgan fingerprint density at radius 2 is 1.79 bits per heavy atom. The molecule has 1 amide bonds. The van der Waals surface area contributed by atoms with Crippen LogP contribution in [0.4, 0.5) is 17.2 Å². The molecule has 1 fully saturated rings. The fourth-order valence-electron chi connectivity index (χ4n) is 5.21. The zero-order valence-corrected chi connectivity index (χ0v) is 25.1. The summed E-state index contributed by atoms with van der Waals surface area (Å²) in [6.07, 6.45) is 7.27. The number of hydrogen-bond acceptors (Lipinski definition) is 7. The van der Waals surface area contributed by atoms with Gasteiger partial charge in [-0.3, -0.25) is 14.7 Å². The maximum Gasteiger partial charge on any atom is 0.257 e. The normalized spacial score (nSPS) is 14.1. The van der Waals surface area contributed by atoms with Crippen molar-refractivity contribution in [2.75, 3.05) is 36.9 Å². The topological polar surface area (TPSA) is 96.7 Å². The molecule has 220 valence electrons. The second-order valence-corrected chi connectivity index (χ2v) is 12.0. The van der Waals surface area contributed by atoms with Crippen molar-refractivity contribution >= 4 is 28.7 Å². The van der Waals surface area contributed by atoms with Crippen molar-refractivity contribution in [2.45, 2.75) is 39.7 Å². The largest absolute Gasteiger partial charge is 0.379 e. The fourth-order valence-corrected chi connectivity index (χ4v) is 5.21. The summed E-state index contributed by atoms with van der Waals surface area (Å²) in [6, 6.07) is 18.0. The van der Waals surface area contributed by atoms with Gasteiger partial charge in [-0.2, -0.15) is 0 Å². The Balaban J connectivity index is 1.23. The van der Waals surface area contributed by atoms with Crippen LogP contribution in [-0.4, -0.2) is 56.5 Å². The van der Waals surface area contributed by atoms with Crippen LogP contribution in [0.5, 0.6) is 0 Å². The highest BCUT2D eigenvalue weighted by atomic mass is 16.5. The number of amides is 1. The molecule has 5 aromatic rings. The minimum absolute atomic E-state index is 0.0799. The molecule has 0 bridgehead atoms. The number of anilines is 3. The number of carbonyl (C=O) groups excluding carboxylic acids is 1. The highest BCUT2D eigenvalue weighted by molar-refractivity contribution is 6.04. The Hall–Kier alpha value is -4.60. The van der Waals surface area contributed by atoms with Gasteiger partial charge in [-0.25, -0.2) is 9.97 Å². The minimum atomic E-state index is -0.203. The van der Waals surface area contributed by atoms with Gasteiger partial charge in [0.2, 0.25) is 0 Å². The Kier molecular flexibility index (Phi) is 7.92. The molecule has 9 heteroatoms. The summed E-state index contributed by atoms with van der Waals surface area (Å²) in [5, 5.41) is 6.54. The predicted octanol–water partition coefficient (Wildman–Crippen LogP) is 6.23. The molecular weight excluding hydrogens is 538 g/mol. The van der Waals surface area contributed by atoms with Gasteiger partial charge in [0.1, 0.15) is 0 Å². The lowest BCUT2D eigenvalue weighted by Crippen LogP contribution is -2.35. The number of pyridine rings is 1. The van der Waals surface area contributed by atoms with E-state index in [1.54, 1.807) is 12.4 Å². The van der Waals surface area contributed by atoms with Crippen LogP contribution in [-0.2, 0) is 16.7 Å². The van der Waals surface area contributed by atoms with E-state index >= 15 is 0 Å². The molecule has 9 nitrogen and oxygen atoms in total. The van der Waals surface area contributed by atoms with E-state index in [0.29, 0.717) is 11.4 Å². The van der Waals surface area contributed by atoms with Crippen LogP contribution >= 0.6 is 0 Å². The van der Waals surface area contributed by atoms with Crippen LogP contribution in [0, 0.1) is 6.92 Å². The molecule has 1 aliphatic rings. The first kappa shape index (κ1) is 28.5. The molecule has 2 N–H and O–H groups in total. The van der Waals surface area contributed by atoms with Crippen LogP contribution in [0.3, 0.4) is 0 Å². The van der Waals surface area contributed by atoms with Crippen molar-refractivity contribution in [1.29, 1.82) is 0 Å². The highest BCUT2D eigenvalue weighted by Gasteiger charge is 2.18. The van der Waals surface area contributed by atoms with Gasteiger partial charge in [-0.1, -0.05) is 45.0 Å². The van der Waals surface area contributed by atoms with Crippen molar-refractivity contribution in [3.63, 3.8) is 0 Å². The molecule has 0 saturated carbocycles. The van der Waals surface area contributed by atoms with Crippen molar-refractivity contribution in [3.8, 4) is 11.3 Å². The Morgan fingerprint density at radius 3 is 2.51 bits per heavy atom. The number of nitrogens with one attached hydrogen (secondary N) is 2. The number of ether oxygens (including phenoxy) is 1. The number of morpholine rings is 1. The molecule has 2 aromatic carbocycles. The van der Waals surface area contributed by atoms with Crippen molar-refractivity contribution in [2.24, 2.45) is 0 Å². The molecular formula is C34H37N7O2. The summed E-state index contributed by atoms with van der Waals surface area (Å²) < 4.78 is 7.43. The zero-order chi connectivity index (χ0) is 30.0. The molecule has 6 rings (SSSR count). The number of aromatic nitrogens is 4. The van der Waals surface area contributed by atoms with Gasteiger partial charge >= 0.3 is 0 Å². The van der Waals surface area contributed by atoms with Gasteiger partial charge in [-0.05, 0) is 48.4 Å². The Labute approximate surface area is 252 Å². The summed E-state index contributed by atoms with van der Waals surface area (Å²) >= 11 is 0. The van der Waals surface area contributed by atoms with E-state index in [2.05, 4.69) is 70.5 Å². The van der Waals surface area contributed by atoms with E-state index < -0.39 is 0 Å². The molecule has 0 radical (unpaired) electrons. The van der Waals surface area contributed by atoms with Gasteiger partial charge in [0.15, 0.2) is 11.5 Å². The first-order chi connectivity index (χ1) is 20.7. The molecule has 1 aliphatic heterocycles. The third-order valence-electron chi connectivity index (χ3n) is 7.75. The smallest absolute Gasteiger partial charge is 0.257 e. The SMILES string of the molecule is Cc1c(NC(=O)c2ccc(C(C)(C)C)nc2)cccc1-c1cn2ccnc2c(Nc2ccc(CN3CCOCC3)cc2)n1. The van der Waals surface area contributed by atoms with E-state index in [1.807, 2.05) is 54.0 Å². The molecule has 3 aromatic heterocycles. The van der Waals surface area contributed by atoms with Crippen LogP contribution in [0.25, 0.3) is 16.9 Å². The average molecular weight is 576 g/mol. The summed E-state index contributed by atoms with van der Waals surface area (Å²) in [5.41, 5.74) is 7.62. The summed E-state index contributed by atoms with van der Waals surface area (Å²) in [6.45, 7) is 12.7. The third-order valence-corrected chi connectivity index (χ3v) is 7.75. The average Bonchev–Trinajstić information content (AvgIpc) is 3.49. The monoisotopic (exact) mass is 575 g/mol. The first-order valence-electron chi connectivity index (χ1n) is 14.6.